The van der Waals surface area contributed by atoms with Crippen molar-refractivity contribution in [2.24, 2.45) is 0 Å². The topological polar surface area (TPSA) is 20.3 Å². The van der Waals surface area contributed by atoms with Crippen molar-refractivity contribution in [3.63, 3.8) is 0 Å². The molecule has 92 valence electrons. The summed E-state index contributed by atoms with van der Waals surface area (Å²) in [6.07, 6.45) is 4.32. The Morgan fingerprint density at radius 3 is 2.76 bits per heavy atom. The third-order valence-electron chi connectivity index (χ3n) is 2.91. The van der Waals surface area contributed by atoms with E-state index in [0.29, 0.717) is 6.04 Å². The van der Waals surface area contributed by atoms with Gasteiger partial charge in [0.15, 0.2) is 0 Å². The lowest BCUT2D eigenvalue weighted by molar-refractivity contribution is 0.0751. The predicted molar refractivity (Wildman–Crippen MR) is 76.1 cm³/mol. The van der Waals surface area contributed by atoms with Crippen LogP contribution < -0.4 is 0 Å². The van der Waals surface area contributed by atoms with Crippen LogP contribution in [0.5, 0.6) is 0 Å². The second-order valence-electron chi connectivity index (χ2n) is 4.12. The number of hydrogen-bond acceptors (Lipinski definition) is 2. The highest BCUT2D eigenvalue weighted by Crippen LogP contribution is 2.30. The van der Waals surface area contributed by atoms with Gasteiger partial charge in [-0.2, -0.15) is 0 Å². The zero-order valence-electron chi connectivity index (χ0n) is 9.86. The maximum absolute atomic E-state index is 12.5. The molecule has 17 heavy (non-hydrogen) atoms. The molecule has 0 bridgehead atoms. The molecule has 4 heteroatoms. The van der Waals surface area contributed by atoms with E-state index < -0.39 is 0 Å². The van der Waals surface area contributed by atoms with Gasteiger partial charge in [0.2, 0.25) is 0 Å². The van der Waals surface area contributed by atoms with E-state index in [4.69, 9.17) is 0 Å². The Morgan fingerprint density at radius 1 is 1.47 bits per heavy atom. The average molecular weight is 314 g/mol. The summed E-state index contributed by atoms with van der Waals surface area (Å²) < 4.78 is 0. The molecule has 1 aromatic carbocycles. The normalized spacial score (nSPS) is 14.7. The van der Waals surface area contributed by atoms with Gasteiger partial charge in [-0.15, -0.1) is 11.8 Å². The summed E-state index contributed by atoms with van der Waals surface area (Å²) in [5.74, 6) is 0.178. The lowest BCUT2D eigenvalue weighted by Crippen LogP contribution is -2.34. The van der Waals surface area contributed by atoms with Gasteiger partial charge in [0.1, 0.15) is 0 Å². The maximum Gasteiger partial charge on any atom is 0.255 e. The molecule has 1 aromatic rings. The largest absolute Gasteiger partial charge is 0.335 e. The maximum atomic E-state index is 12.5. The van der Waals surface area contributed by atoms with E-state index in [1.807, 2.05) is 35.4 Å². The fourth-order valence-electron chi connectivity index (χ4n) is 1.90. The predicted octanol–water partition coefficient (Wildman–Crippen LogP) is 3.41. The molecule has 1 amide bonds. The minimum atomic E-state index is 0.178. The summed E-state index contributed by atoms with van der Waals surface area (Å²) in [7, 11) is 0. The molecule has 2 nitrogen and oxygen atoms in total. The van der Waals surface area contributed by atoms with Crippen LogP contribution in [0.4, 0.5) is 0 Å². The summed E-state index contributed by atoms with van der Waals surface area (Å²) in [6, 6.07) is 8.32. The van der Waals surface area contributed by atoms with Gasteiger partial charge in [0.25, 0.3) is 5.91 Å². The van der Waals surface area contributed by atoms with Crippen LogP contribution in [0.15, 0.2) is 29.2 Å². The molecule has 0 aliphatic heterocycles. The van der Waals surface area contributed by atoms with Crippen LogP contribution in [0.1, 0.15) is 23.2 Å². The first-order valence-electron chi connectivity index (χ1n) is 5.78. The van der Waals surface area contributed by atoms with Crippen LogP contribution in [-0.4, -0.2) is 35.0 Å². The Balaban J connectivity index is 2.21. The number of halogens is 1. The molecule has 0 spiro atoms. The average Bonchev–Trinajstić information content (AvgIpc) is 3.19. The van der Waals surface area contributed by atoms with E-state index in [9.17, 15) is 4.79 Å². The summed E-state index contributed by atoms with van der Waals surface area (Å²) in [5, 5.41) is 0.844. The highest BCUT2D eigenvalue weighted by atomic mass is 79.9. The number of carbonyl (C=O) groups is 1. The van der Waals surface area contributed by atoms with Crippen LogP contribution in [-0.2, 0) is 0 Å². The van der Waals surface area contributed by atoms with Crippen molar-refractivity contribution in [2.45, 2.75) is 23.8 Å². The number of nitrogens with zero attached hydrogens (tertiary/aromatic N) is 1. The molecule has 0 aromatic heterocycles. The quantitative estimate of drug-likeness (QED) is 0.613. The van der Waals surface area contributed by atoms with Crippen molar-refractivity contribution in [3.8, 4) is 0 Å². The molecular weight excluding hydrogens is 298 g/mol. The molecule has 0 N–H and O–H groups in total. The molecule has 1 aliphatic rings. The third kappa shape index (κ3) is 3.05. The molecule has 1 fully saturated rings. The van der Waals surface area contributed by atoms with Crippen molar-refractivity contribution in [2.75, 3.05) is 18.1 Å². The first kappa shape index (κ1) is 13.0. The fourth-order valence-corrected chi connectivity index (χ4v) is 2.88. The van der Waals surface area contributed by atoms with Crippen LogP contribution in [0.25, 0.3) is 0 Å². The van der Waals surface area contributed by atoms with E-state index in [2.05, 4.69) is 15.9 Å². The Bertz CT molecular complexity index is 406. The number of alkyl halides is 1. The molecular formula is C13H16BrNOS. The molecule has 0 radical (unpaired) electrons. The molecule has 0 heterocycles. The fraction of sp³-hybridized carbons (Fsp3) is 0.462. The third-order valence-corrected chi connectivity index (χ3v) is 4.06. The molecule has 0 saturated heterocycles. The van der Waals surface area contributed by atoms with Crippen molar-refractivity contribution in [3.05, 3.63) is 29.8 Å². The van der Waals surface area contributed by atoms with Crippen molar-refractivity contribution >= 4 is 33.6 Å². The molecule has 0 atom stereocenters. The standard InChI is InChI=1S/C13H16BrNOS/c1-17-12-5-3-2-4-11(12)13(16)15(9-8-14)10-6-7-10/h2-5,10H,6-9H2,1H3. The highest BCUT2D eigenvalue weighted by molar-refractivity contribution is 9.09. The second kappa shape index (κ2) is 5.91. The zero-order chi connectivity index (χ0) is 12.3. The molecule has 2 rings (SSSR count). The van der Waals surface area contributed by atoms with Gasteiger partial charge < -0.3 is 4.90 Å². The second-order valence-corrected chi connectivity index (χ2v) is 5.76. The Morgan fingerprint density at radius 2 is 2.18 bits per heavy atom. The summed E-state index contributed by atoms with van der Waals surface area (Å²) in [6.45, 7) is 0.798. The number of amides is 1. The molecule has 1 saturated carbocycles. The van der Waals surface area contributed by atoms with Gasteiger partial charge in [-0.25, -0.2) is 0 Å². The summed E-state index contributed by atoms with van der Waals surface area (Å²) in [5.41, 5.74) is 0.841. The number of carbonyl (C=O) groups excluding carboxylic acids is 1. The summed E-state index contributed by atoms with van der Waals surface area (Å²) in [4.78, 5) is 15.6. The lowest BCUT2D eigenvalue weighted by atomic mass is 10.2. The first-order chi connectivity index (χ1) is 8.27. The van der Waals surface area contributed by atoms with Crippen LogP contribution in [0, 0.1) is 0 Å². The molecule has 0 unspecified atom stereocenters. The number of benzene rings is 1. The number of thioether (sulfide) groups is 1. The summed E-state index contributed by atoms with van der Waals surface area (Å²) >= 11 is 5.06. The minimum absolute atomic E-state index is 0.178. The zero-order valence-corrected chi connectivity index (χ0v) is 12.3. The first-order valence-corrected chi connectivity index (χ1v) is 8.12. The van der Waals surface area contributed by atoms with Gasteiger partial charge in [0.05, 0.1) is 5.56 Å². The van der Waals surface area contributed by atoms with E-state index in [1.54, 1.807) is 11.8 Å². The Kier molecular flexibility index (Phi) is 4.51. The van der Waals surface area contributed by atoms with E-state index in [-0.39, 0.29) is 5.91 Å². The van der Waals surface area contributed by atoms with Crippen LogP contribution in [0.2, 0.25) is 0 Å². The highest BCUT2D eigenvalue weighted by Gasteiger charge is 2.33. The van der Waals surface area contributed by atoms with E-state index in [0.717, 1.165) is 35.2 Å². The SMILES string of the molecule is CSc1ccccc1C(=O)N(CCBr)C1CC1. The van der Waals surface area contributed by atoms with Gasteiger partial charge in [-0.1, -0.05) is 28.1 Å². The smallest absolute Gasteiger partial charge is 0.255 e. The van der Waals surface area contributed by atoms with Gasteiger partial charge in [0, 0.05) is 22.8 Å². The van der Waals surface area contributed by atoms with Crippen LogP contribution in [0.3, 0.4) is 0 Å². The Hall–Kier alpha value is -0.480. The van der Waals surface area contributed by atoms with Gasteiger partial charge in [-0.3, -0.25) is 4.79 Å². The van der Waals surface area contributed by atoms with Crippen molar-refractivity contribution in [1.82, 2.24) is 4.90 Å². The number of hydrogen-bond donors (Lipinski definition) is 0. The van der Waals surface area contributed by atoms with Crippen molar-refractivity contribution < 1.29 is 4.79 Å². The van der Waals surface area contributed by atoms with E-state index in [1.165, 1.54) is 0 Å². The molecule has 1 aliphatic carbocycles. The monoisotopic (exact) mass is 313 g/mol. The van der Waals surface area contributed by atoms with Crippen molar-refractivity contribution in [1.29, 1.82) is 0 Å². The Labute approximate surface area is 115 Å². The van der Waals surface area contributed by atoms with Crippen LogP contribution >= 0.6 is 27.7 Å². The number of rotatable bonds is 5. The minimum Gasteiger partial charge on any atom is -0.335 e. The van der Waals surface area contributed by atoms with E-state index >= 15 is 0 Å². The lowest BCUT2D eigenvalue weighted by Gasteiger charge is -2.22. The van der Waals surface area contributed by atoms with Gasteiger partial charge >= 0.3 is 0 Å². The van der Waals surface area contributed by atoms with Gasteiger partial charge in [-0.05, 0) is 31.2 Å².